The summed E-state index contributed by atoms with van der Waals surface area (Å²) in [7, 11) is 0. The maximum Gasteiger partial charge on any atom is 0.306 e. The Morgan fingerprint density at radius 1 is 0.475 bits per heavy atom. The molecule has 1 amide bonds. The Kier molecular flexibility index (Phi) is 46.1. The summed E-state index contributed by atoms with van der Waals surface area (Å²) >= 11 is 0. The number of aliphatic hydroxyl groups excluding tert-OH is 2. The summed E-state index contributed by atoms with van der Waals surface area (Å²) < 4.78 is 5.91. The molecule has 0 heterocycles. The maximum atomic E-state index is 13.2. The molecule has 0 bridgehead atoms. The molecule has 6 heteroatoms. The average molecular weight is 832 g/mol. The molecule has 6 nitrogen and oxygen atoms in total. The number of esters is 1. The second-order valence-corrected chi connectivity index (χ2v) is 17.9. The van der Waals surface area contributed by atoms with Crippen LogP contribution in [0.3, 0.4) is 0 Å². The predicted molar refractivity (Wildman–Crippen MR) is 255 cm³/mol. The molecule has 0 aromatic heterocycles. The van der Waals surface area contributed by atoms with E-state index < -0.39 is 18.2 Å². The van der Waals surface area contributed by atoms with Crippen molar-refractivity contribution in [2.24, 2.45) is 0 Å². The SMILES string of the molecule is CCCCCCCC/C=C\CCCC(CC(=O)NC(CO)C(O)CCCCCCCCCCCCCCC)OC(=O)CCCCCCC/C=C/CCCCCCCCC. The van der Waals surface area contributed by atoms with Crippen LogP contribution >= 0.6 is 0 Å². The molecule has 0 aliphatic heterocycles. The van der Waals surface area contributed by atoms with Gasteiger partial charge in [0, 0.05) is 6.42 Å². The third-order valence-corrected chi connectivity index (χ3v) is 12.0. The number of carbonyl (C=O) groups excluding carboxylic acids is 2. The summed E-state index contributed by atoms with van der Waals surface area (Å²) in [6.45, 7) is 6.47. The Bertz CT molecular complexity index is 935. The van der Waals surface area contributed by atoms with E-state index in [1.54, 1.807) is 0 Å². The minimum atomic E-state index is -0.791. The highest BCUT2D eigenvalue weighted by atomic mass is 16.5. The van der Waals surface area contributed by atoms with Crippen LogP contribution in [0.5, 0.6) is 0 Å². The molecule has 3 atom stereocenters. The summed E-state index contributed by atoms with van der Waals surface area (Å²) in [5.74, 6) is -0.503. The number of ether oxygens (including phenoxy) is 1. The largest absolute Gasteiger partial charge is 0.462 e. The molecule has 3 N–H and O–H groups in total. The van der Waals surface area contributed by atoms with Crippen LogP contribution in [0.4, 0.5) is 0 Å². The van der Waals surface area contributed by atoms with Crippen molar-refractivity contribution in [3.63, 3.8) is 0 Å². The first-order chi connectivity index (χ1) is 29.0. The van der Waals surface area contributed by atoms with Gasteiger partial charge in [0.25, 0.3) is 0 Å². The standard InChI is InChI=1S/C53H101NO5/c1-4-7-10-13-16-19-22-24-25-26-28-31-34-37-40-43-46-53(58)59-49(44-41-38-35-32-29-21-18-15-12-9-6-3)47-52(57)54-50(48-55)51(56)45-42-39-36-33-30-27-23-20-17-14-11-8-5-2/h25-26,32,35,49-51,55-56H,4-24,27-31,33-34,36-48H2,1-3H3,(H,54,57)/b26-25+,35-32-. The lowest BCUT2D eigenvalue weighted by Crippen LogP contribution is -2.46. The molecule has 0 fully saturated rings. The Morgan fingerprint density at radius 3 is 1.24 bits per heavy atom. The lowest BCUT2D eigenvalue weighted by molar-refractivity contribution is -0.151. The molecule has 0 aromatic rings. The van der Waals surface area contributed by atoms with Gasteiger partial charge in [-0.25, -0.2) is 0 Å². The monoisotopic (exact) mass is 832 g/mol. The van der Waals surface area contributed by atoms with Gasteiger partial charge in [-0.05, 0) is 70.6 Å². The zero-order chi connectivity index (χ0) is 43.1. The summed E-state index contributed by atoms with van der Waals surface area (Å²) in [6.07, 6.45) is 53.8. The fourth-order valence-corrected chi connectivity index (χ4v) is 8.01. The van der Waals surface area contributed by atoms with E-state index in [1.165, 1.54) is 167 Å². The van der Waals surface area contributed by atoms with Crippen molar-refractivity contribution >= 4 is 11.9 Å². The number of carbonyl (C=O) groups is 2. The van der Waals surface area contributed by atoms with Crippen molar-refractivity contribution in [1.29, 1.82) is 0 Å². The van der Waals surface area contributed by atoms with Crippen molar-refractivity contribution in [2.45, 2.75) is 296 Å². The van der Waals surface area contributed by atoms with Gasteiger partial charge in [0.2, 0.25) is 5.91 Å². The van der Waals surface area contributed by atoms with Crippen LogP contribution in [0.15, 0.2) is 24.3 Å². The van der Waals surface area contributed by atoms with Crippen molar-refractivity contribution in [1.82, 2.24) is 5.32 Å². The number of allylic oxidation sites excluding steroid dienone is 4. The number of nitrogens with one attached hydrogen (secondary N) is 1. The van der Waals surface area contributed by atoms with Crippen LogP contribution in [0.1, 0.15) is 278 Å². The average Bonchev–Trinajstić information content (AvgIpc) is 3.23. The summed E-state index contributed by atoms with van der Waals surface area (Å²) in [6, 6.07) is -0.707. The number of unbranched alkanes of at least 4 members (excludes halogenated alkanes) is 31. The Morgan fingerprint density at radius 2 is 0.831 bits per heavy atom. The normalized spacial score (nSPS) is 13.4. The number of rotatable bonds is 47. The van der Waals surface area contributed by atoms with Gasteiger partial charge < -0.3 is 20.3 Å². The lowest BCUT2D eigenvalue weighted by Gasteiger charge is -2.24. The van der Waals surface area contributed by atoms with Gasteiger partial charge in [0.05, 0.1) is 25.2 Å². The molecule has 348 valence electrons. The molecular formula is C53H101NO5. The van der Waals surface area contributed by atoms with E-state index in [9.17, 15) is 19.8 Å². The lowest BCUT2D eigenvalue weighted by atomic mass is 10.0. The van der Waals surface area contributed by atoms with Gasteiger partial charge in [0.1, 0.15) is 6.10 Å². The first kappa shape index (κ1) is 57.3. The van der Waals surface area contributed by atoms with E-state index in [4.69, 9.17) is 4.74 Å². The predicted octanol–water partition coefficient (Wildman–Crippen LogP) is 15.5. The third-order valence-electron chi connectivity index (χ3n) is 12.0. The second kappa shape index (κ2) is 47.4. The maximum absolute atomic E-state index is 13.2. The van der Waals surface area contributed by atoms with Crippen LogP contribution in [0.25, 0.3) is 0 Å². The first-order valence-corrected chi connectivity index (χ1v) is 26.1. The van der Waals surface area contributed by atoms with Crippen LogP contribution in [0, 0.1) is 0 Å². The molecule has 0 aliphatic rings. The number of hydrogen-bond donors (Lipinski definition) is 3. The van der Waals surface area contributed by atoms with E-state index in [0.717, 1.165) is 64.2 Å². The van der Waals surface area contributed by atoms with Crippen LogP contribution in [0.2, 0.25) is 0 Å². The van der Waals surface area contributed by atoms with Gasteiger partial charge in [-0.1, -0.05) is 218 Å². The highest BCUT2D eigenvalue weighted by molar-refractivity contribution is 5.77. The molecule has 59 heavy (non-hydrogen) atoms. The first-order valence-electron chi connectivity index (χ1n) is 26.1. The van der Waals surface area contributed by atoms with E-state index in [0.29, 0.717) is 19.3 Å². The Labute approximate surface area is 367 Å². The zero-order valence-electron chi connectivity index (χ0n) is 39.7. The molecular weight excluding hydrogens is 731 g/mol. The fourth-order valence-electron chi connectivity index (χ4n) is 8.01. The Hall–Kier alpha value is -1.66. The summed E-state index contributed by atoms with van der Waals surface area (Å²) in [5.41, 5.74) is 0. The van der Waals surface area contributed by atoms with Crippen LogP contribution in [-0.4, -0.2) is 46.9 Å². The van der Waals surface area contributed by atoms with Crippen molar-refractivity contribution in [3.8, 4) is 0 Å². The van der Waals surface area contributed by atoms with E-state index in [2.05, 4.69) is 50.4 Å². The Balaban J connectivity index is 4.54. The number of aliphatic hydroxyl groups is 2. The summed E-state index contributed by atoms with van der Waals surface area (Å²) in [4.78, 5) is 26.1. The minimum Gasteiger partial charge on any atom is -0.462 e. The van der Waals surface area contributed by atoms with E-state index >= 15 is 0 Å². The highest BCUT2D eigenvalue weighted by Gasteiger charge is 2.24. The van der Waals surface area contributed by atoms with Gasteiger partial charge in [-0.2, -0.15) is 0 Å². The van der Waals surface area contributed by atoms with Gasteiger partial charge in [-0.3, -0.25) is 9.59 Å². The minimum absolute atomic E-state index is 0.0572. The zero-order valence-corrected chi connectivity index (χ0v) is 39.7. The van der Waals surface area contributed by atoms with Crippen molar-refractivity contribution in [2.75, 3.05) is 6.61 Å². The van der Waals surface area contributed by atoms with Crippen LogP contribution < -0.4 is 5.32 Å². The van der Waals surface area contributed by atoms with Crippen molar-refractivity contribution in [3.05, 3.63) is 24.3 Å². The molecule has 3 unspecified atom stereocenters. The second-order valence-electron chi connectivity index (χ2n) is 17.9. The molecule has 0 spiro atoms. The highest BCUT2D eigenvalue weighted by Crippen LogP contribution is 2.17. The van der Waals surface area contributed by atoms with Crippen molar-refractivity contribution < 1.29 is 24.5 Å². The quantitative estimate of drug-likeness (QED) is 0.0322. The third kappa shape index (κ3) is 42.8. The van der Waals surface area contributed by atoms with Gasteiger partial charge in [-0.15, -0.1) is 0 Å². The van der Waals surface area contributed by atoms with E-state index in [-0.39, 0.29) is 24.9 Å². The smallest absolute Gasteiger partial charge is 0.306 e. The number of hydrogen-bond acceptors (Lipinski definition) is 5. The fraction of sp³-hybridized carbons (Fsp3) is 0.887. The molecule has 0 saturated heterocycles. The van der Waals surface area contributed by atoms with Gasteiger partial charge >= 0.3 is 5.97 Å². The topological polar surface area (TPSA) is 95.9 Å². The molecule has 0 aliphatic carbocycles. The van der Waals surface area contributed by atoms with E-state index in [1.807, 2.05) is 0 Å². The molecule has 0 aromatic carbocycles. The van der Waals surface area contributed by atoms with Crippen LogP contribution in [-0.2, 0) is 14.3 Å². The molecule has 0 radical (unpaired) electrons. The van der Waals surface area contributed by atoms with Gasteiger partial charge in [0.15, 0.2) is 0 Å². The number of amides is 1. The summed E-state index contributed by atoms with van der Waals surface area (Å²) in [5, 5.41) is 23.7. The molecule has 0 saturated carbocycles. The molecule has 0 rings (SSSR count).